The Balaban J connectivity index is 1.62. The number of hydrogen-bond acceptors (Lipinski definition) is 3. The Morgan fingerprint density at radius 1 is 1.12 bits per heavy atom. The minimum Gasteiger partial charge on any atom is -0.393 e. The molecular formula is C20H23FN2O2. The second-order valence-electron chi connectivity index (χ2n) is 6.52. The number of carbonyl (C=O) groups excluding carboxylic acids is 1. The van der Waals surface area contributed by atoms with E-state index in [1.165, 1.54) is 12.1 Å². The molecule has 0 aliphatic carbocycles. The minimum atomic E-state index is -0.304. The van der Waals surface area contributed by atoms with Gasteiger partial charge in [0.05, 0.1) is 12.5 Å². The number of aliphatic hydroxyl groups is 1. The molecule has 5 heteroatoms. The van der Waals surface area contributed by atoms with E-state index >= 15 is 0 Å². The van der Waals surface area contributed by atoms with Gasteiger partial charge < -0.3 is 10.4 Å². The van der Waals surface area contributed by atoms with E-state index in [1.807, 2.05) is 24.3 Å². The summed E-state index contributed by atoms with van der Waals surface area (Å²) < 4.78 is 12.9. The fourth-order valence-corrected chi connectivity index (χ4v) is 3.08. The van der Waals surface area contributed by atoms with Crippen molar-refractivity contribution in [3.63, 3.8) is 0 Å². The molecule has 0 saturated carbocycles. The summed E-state index contributed by atoms with van der Waals surface area (Å²) in [6, 6.07) is 13.7. The lowest BCUT2D eigenvalue weighted by Gasteiger charge is -2.30. The number of nitrogens with zero attached hydrogens (tertiary/aromatic N) is 1. The van der Waals surface area contributed by atoms with Gasteiger partial charge in [0.1, 0.15) is 5.82 Å². The van der Waals surface area contributed by atoms with Gasteiger partial charge in [-0.15, -0.1) is 0 Å². The lowest BCUT2D eigenvalue weighted by Crippen LogP contribution is -2.35. The molecule has 0 atom stereocenters. The van der Waals surface area contributed by atoms with Crippen LogP contribution < -0.4 is 5.32 Å². The Morgan fingerprint density at radius 2 is 1.80 bits per heavy atom. The van der Waals surface area contributed by atoms with Gasteiger partial charge in [0.2, 0.25) is 5.91 Å². The zero-order valence-corrected chi connectivity index (χ0v) is 14.1. The van der Waals surface area contributed by atoms with E-state index in [0.717, 1.165) is 49.3 Å². The molecule has 0 unspecified atom stereocenters. The molecule has 0 bridgehead atoms. The lowest BCUT2D eigenvalue weighted by atomic mass is 10.1. The van der Waals surface area contributed by atoms with Gasteiger partial charge >= 0.3 is 0 Å². The van der Waals surface area contributed by atoms with E-state index in [1.54, 1.807) is 12.1 Å². The molecule has 2 aromatic carbocycles. The van der Waals surface area contributed by atoms with Gasteiger partial charge in [0.15, 0.2) is 0 Å². The maximum atomic E-state index is 12.9. The van der Waals surface area contributed by atoms with Crippen LogP contribution in [0.5, 0.6) is 0 Å². The number of amides is 1. The van der Waals surface area contributed by atoms with Gasteiger partial charge in [-0.3, -0.25) is 9.69 Å². The van der Waals surface area contributed by atoms with Crippen molar-refractivity contribution in [2.75, 3.05) is 18.4 Å². The molecule has 1 aliphatic rings. The summed E-state index contributed by atoms with van der Waals surface area (Å²) in [4.78, 5) is 14.6. The van der Waals surface area contributed by atoms with Crippen LogP contribution in [-0.2, 0) is 17.8 Å². The summed E-state index contributed by atoms with van der Waals surface area (Å²) in [5.74, 6) is -0.422. The fraction of sp³-hybridized carbons (Fsp3) is 0.350. The second-order valence-corrected chi connectivity index (χ2v) is 6.52. The molecule has 0 radical (unpaired) electrons. The van der Waals surface area contributed by atoms with Crippen LogP contribution in [0, 0.1) is 5.82 Å². The smallest absolute Gasteiger partial charge is 0.228 e. The fourth-order valence-electron chi connectivity index (χ4n) is 3.08. The summed E-state index contributed by atoms with van der Waals surface area (Å²) in [6.45, 7) is 2.47. The molecule has 1 amide bonds. The van der Waals surface area contributed by atoms with Gasteiger partial charge in [-0.2, -0.15) is 0 Å². The average Bonchev–Trinajstić information content (AvgIpc) is 2.61. The third kappa shape index (κ3) is 5.11. The monoisotopic (exact) mass is 342 g/mol. The molecule has 132 valence electrons. The SMILES string of the molecule is O=C(Cc1ccc(F)cc1)Nc1ccccc1CN1CCC(O)CC1. The molecule has 0 spiro atoms. The minimum absolute atomic E-state index is 0.117. The van der Waals surface area contributed by atoms with E-state index in [-0.39, 0.29) is 24.2 Å². The first kappa shape index (κ1) is 17.6. The van der Waals surface area contributed by atoms with E-state index in [9.17, 15) is 14.3 Å². The van der Waals surface area contributed by atoms with Crippen LogP contribution in [0.15, 0.2) is 48.5 Å². The van der Waals surface area contributed by atoms with Crippen LogP contribution in [0.4, 0.5) is 10.1 Å². The molecule has 4 nitrogen and oxygen atoms in total. The Kier molecular flexibility index (Phi) is 5.79. The van der Waals surface area contributed by atoms with Gasteiger partial charge in [0, 0.05) is 25.3 Å². The Morgan fingerprint density at radius 3 is 2.52 bits per heavy atom. The normalized spacial score (nSPS) is 15.9. The van der Waals surface area contributed by atoms with Crippen molar-refractivity contribution in [2.45, 2.75) is 31.9 Å². The predicted molar refractivity (Wildman–Crippen MR) is 95.7 cm³/mol. The molecule has 1 aliphatic heterocycles. The second kappa shape index (κ2) is 8.23. The molecule has 1 saturated heterocycles. The third-order valence-corrected chi connectivity index (χ3v) is 4.52. The molecule has 2 aromatic rings. The largest absolute Gasteiger partial charge is 0.393 e. The lowest BCUT2D eigenvalue weighted by molar-refractivity contribution is -0.115. The number of aliphatic hydroxyl groups excluding tert-OH is 1. The summed E-state index contributed by atoms with van der Waals surface area (Å²) >= 11 is 0. The molecule has 3 rings (SSSR count). The summed E-state index contributed by atoms with van der Waals surface area (Å²) in [5.41, 5.74) is 2.65. The number of nitrogens with one attached hydrogen (secondary N) is 1. The van der Waals surface area contributed by atoms with Gasteiger partial charge in [-0.05, 0) is 42.2 Å². The molecule has 1 heterocycles. The van der Waals surface area contributed by atoms with Crippen LogP contribution in [-0.4, -0.2) is 35.1 Å². The van der Waals surface area contributed by atoms with Crippen molar-refractivity contribution in [2.24, 2.45) is 0 Å². The number of carbonyl (C=O) groups is 1. The molecule has 0 aromatic heterocycles. The first-order chi connectivity index (χ1) is 12.1. The predicted octanol–water partition coefficient (Wildman–Crippen LogP) is 2.96. The first-order valence-corrected chi connectivity index (χ1v) is 8.63. The van der Waals surface area contributed by atoms with Crippen molar-refractivity contribution in [1.29, 1.82) is 0 Å². The summed E-state index contributed by atoms with van der Waals surface area (Å²) in [6.07, 6.45) is 1.60. The number of halogens is 1. The maximum absolute atomic E-state index is 12.9. The highest BCUT2D eigenvalue weighted by molar-refractivity contribution is 5.92. The highest BCUT2D eigenvalue weighted by Crippen LogP contribution is 2.20. The quantitative estimate of drug-likeness (QED) is 0.878. The molecule has 25 heavy (non-hydrogen) atoms. The van der Waals surface area contributed by atoms with Crippen molar-refractivity contribution < 1.29 is 14.3 Å². The van der Waals surface area contributed by atoms with Gasteiger partial charge in [-0.1, -0.05) is 30.3 Å². The van der Waals surface area contributed by atoms with Crippen LogP contribution >= 0.6 is 0 Å². The first-order valence-electron chi connectivity index (χ1n) is 8.63. The van der Waals surface area contributed by atoms with Crippen LogP contribution in [0.2, 0.25) is 0 Å². The van der Waals surface area contributed by atoms with Crippen molar-refractivity contribution >= 4 is 11.6 Å². The van der Waals surface area contributed by atoms with Gasteiger partial charge in [-0.25, -0.2) is 4.39 Å². The summed E-state index contributed by atoms with van der Waals surface area (Å²) in [7, 11) is 0. The van der Waals surface area contributed by atoms with E-state index in [4.69, 9.17) is 0 Å². The molecule has 2 N–H and O–H groups in total. The summed E-state index contributed by atoms with van der Waals surface area (Å²) in [5, 5.41) is 12.6. The van der Waals surface area contributed by atoms with E-state index < -0.39 is 0 Å². The molecule has 1 fully saturated rings. The topological polar surface area (TPSA) is 52.6 Å². The van der Waals surface area contributed by atoms with Crippen LogP contribution in [0.25, 0.3) is 0 Å². The number of benzene rings is 2. The number of anilines is 1. The maximum Gasteiger partial charge on any atom is 0.228 e. The number of piperidine rings is 1. The number of hydrogen-bond donors (Lipinski definition) is 2. The van der Waals surface area contributed by atoms with Crippen molar-refractivity contribution in [3.05, 3.63) is 65.5 Å². The zero-order chi connectivity index (χ0) is 17.6. The Bertz CT molecular complexity index is 710. The van der Waals surface area contributed by atoms with Crippen molar-refractivity contribution in [3.8, 4) is 0 Å². The van der Waals surface area contributed by atoms with Crippen molar-refractivity contribution in [1.82, 2.24) is 4.90 Å². The highest BCUT2D eigenvalue weighted by atomic mass is 19.1. The highest BCUT2D eigenvalue weighted by Gasteiger charge is 2.18. The van der Waals surface area contributed by atoms with E-state index in [0.29, 0.717) is 0 Å². The van der Waals surface area contributed by atoms with E-state index in [2.05, 4.69) is 10.2 Å². The van der Waals surface area contributed by atoms with Gasteiger partial charge in [0.25, 0.3) is 0 Å². The number of rotatable bonds is 5. The standard InChI is InChI=1S/C20H23FN2O2/c21-17-7-5-15(6-8-17)13-20(25)22-19-4-2-1-3-16(19)14-23-11-9-18(24)10-12-23/h1-8,18,24H,9-14H2,(H,22,25). The number of para-hydroxylation sites is 1. The average molecular weight is 342 g/mol. The number of likely N-dealkylation sites (tertiary alicyclic amines) is 1. The van der Waals surface area contributed by atoms with Crippen LogP contribution in [0.1, 0.15) is 24.0 Å². The zero-order valence-electron chi connectivity index (χ0n) is 14.1. The third-order valence-electron chi connectivity index (χ3n) is 4.52. The molecular weight excluding hydrogens is 319 g/mol. The Hall–Kier alpha value is -2.24. The van der Waals surface area contributed by atoms with Crippen LogP contribution in [0.3, 0.4) is 0 Å². The Labute approximate surface area is 147 Å².